The number of hydrogen-bond donors (Lipinski definition) is 1. The first-order valence-electron chi connectivity index (χ1n) is 6.84. The van der Waals surface area contributed by atoms with Gasteiger partial charge in [-0.3, -0.25) is 0 Å². The molecule has 0 bridgehead atoms. The van der Waals surface area contributed by atoms with Crippen LogP contribution in [0.1, 0.15) is 30.9 Å². The van der Waals surface area contributed by atoms with Gasteiger partial charge in [0.05, 0.1) is 22.3 Å². The largest absolute Gasteiger partial charge is 0.375 e. The molecule has 0 unspecified atom stereocenters. The molecule has 106 valence electrons. The molecule has 0 amide bonds. The second-order valence-electron chi connectivity index (χ2n) is 4.94. The summed E-state index contributed by atoms with van der Waals surface area (Å²) in [6, 6.07) is 5.47. The highest BCUT2D eigenvalue weighted by Gasteiger charge is 2.15. The summed E-state index contributed by atoms with van der Waals surface area (Å²) in [5.41, 5.74) is 0.752. The minimum atomic E-state index is 0.580. The number of para-hydroxylation sites is 1. The molecule has 1 aromatic heterocycles. The van der Waals surface area contributed by atoms with E-state index in [0.29, 0.717) is 16.6 Å². The fraction of sp³-hybridized carbons (Fsp3) is 0.429. The summed E-state index contributed by atoms with van der Waals surface area (Å²) < 4.78 is 2.21. The van der Waals surface area contributed by atoms with Gasteiger partial charge in [0.15, 0.2) is 5.82 Å². The minimum Gasteiger partial charge on any atom is -0.375 e. The quantitative estimate of drug-likeness (QED) is 0.934. The van der Waals surface area contributed by atoms with E-state index in [1.165, 1.54) is 19.3 Å². The van der Waals surface area contributed by atoms with Gasteiger partial charge in [-0.15, -0.1) is 10.2 Å². The van der Waals surface area contributed by atoms with Crippen LogP contribution < -0.4 is 5.32 Å². The highest BCUT2D eigenvalue weighted by atomic mass is 35.5. The van der Waals surface area contributed by atoms with Crippen molar-refractivity contribution in [3.8, 4) is 0 Å². The van der Waals surface area contributed by atoms with E-state index in [9.17, 15) is 0 Å². The van der Waals surface area contributed by atoms with Crippen LogP contribution in [0.5, 0.6) is 0 Å². The maximum Gasteiger partial charge on any atom is 0.152 e. The molecule has 6 heteroatoms. The van der Waals surface area contributed by atoms with Crippen LogP contribution in [0.2, 0.25) is 10.0 Å². The average molecular weight is 311 g/mol. The number of hydrogen-bond acceptors (Lipinski definition) is 3. The Kier molecular flexibility index (Phi) is 4.13. The Morgan fingerprint density at radius 3 is 2.70 bits per heavy atom. The predicted octanol–water partition coefficient (Wildman–Crippen LogP) is 3.92. The Labute approximate surface area is 128 Å². The standard InChI is InChI=1S/C14H16Cl2N4/c15-10-5-4-6-11(16)14(10)17-9-13-19-18-12-7-2-1-3-8-20(12)13/h4-6,17H,1-3,7-9H2. The van der Waals surface area contributed by atoms with Gasteiger partial charge >= 0.3 is 0 Å². The van der Waals surface area contributed by atoms with Crippen LogP contribution in [0.25, 0.3) is 0 Å². The lowest BCUT2D eigenvalue weighted by molar-refractivity contribution is 0.610. The van der Waals surface area contributed by atoms with Crippen molar-refractivity contribution in [2.75, 3.05) is 5.32 Å². The van der Waals surface area contributed by atoms with E-state index in [0.717, 1.165) is 30.3 Å². The van der Waals surface area contributed by atoms with E-state index in [4.69, 9.17) is 23.2 Å². The molecule has 0 fully saturated rings. The fourth-order valence-corrected chi connectivity index (χ4v) is 3.04. The van der Waals surface area contributed by atoms with E-state index in [-0.39, 0.29) is 0 Å². The lowest BCUT2D eigenvalue weighted by Crippen LogP contribution is -2.10. The SMILES string of the molecule is Clc1cccc(Cl)c1NCc1nnc2n1CCCCC2. The number of aryl methyl sites for hydroxylation is 1. The summed E-state index contributed by atoms with van der Waals surface area (Å²) in [5.74, 6) is 2.03. The number of fused-ring (bicyclic) bond motifs is 1. The summed E-state index contributed by atoms with van der Waals surface area (Å²) >= 11 is 12.3. The first-order chi connectivity index (χ1) is 9.75. The summed E-state index contributed by atoms with van der Waals surface area (Å²) in [6.45, 7) is 1.58. The van der Waals surface area contributed by atoms with Crippen molar-refractivity contribution in [1.29, 1.82) is 0 Å². The summed E-state index contributed by atoms with van der Waals surface area (Å²) in [5, 5.41) is 13.1. The third kappa shape index (κ3) is 2.76. The zero-order chi connectivity index (χ0) is 13.9. The molecular weight excluding hydrogens is 295 g/mol. The van der Waals surface area contributed by atoms with E-state index in [1.807, 2.05) is 18.2 Å². The number of anilines is 1. The normalized spacial score (nSPS) is 14.7. The molecule has 1 aliphatic rings. The number of rotatable bonds is 3. The first-order valence-corrected chi connectivity index (χ1v) is 7.60. The van der Waals surface area contributed by atoms with E-state index < -0.39 is 0 Å². The molecule has 0 saturated carbocycles. The molecule has 4 nitrogen and oxygen atoms in total. The average Bonchev–Trinajstić information content (AvgIpc) is 2.67. The van der Waals surface area contributed by atoms with Crippen LogP contribution in [0.15, 0.2) is 18.2 Å². The molecule has 20 heavy (non-hydrogen) atoms. The molecule has 0 radical (unpaired) electrons. The van der Waals surface area contributed by atoms with Gasteiger partial charge in [-0.1, -0.05) is 35.7 Å². The van der Waals surface area contributed by atoms with Crippen molar-refractivity contribution < 1.29 is 0 Å². The maximum atomic E-state index is 6.15. The Balaban J connectivity index is 1.77. The van der Waals surface area contributed by atoms with Gasteiger partial charge in [0.1, 0.15) is 5.82 Å². The van der Waals surface area contributed by atoms with E-state index in [1.54, 1.807) is 0 Å². The van der Waals surface area contributed by atoms with Gasteiger partial charge in [-0.2, -0.15) is 0 Å². The van der Waals surface area contributed by atoms with Crippen LogP contribution in [0.4, 0.5) is 5.69 Å². The highest BCUT2D eigenvalue weighted by molar-refractivity contribution is 6.39. The summed E-state index contributed by atoms with van der Waals surface area (Å²) in [7, 11) is 0. The van der Waals surface area contributed by atoms with Gasteiger partial charge in [-0.05, 0) is 25.0 Å². The maximum absolute atomic E-state index is 6.15. The van der Waals surface area contributed by atoms with Gasteiger partial charge in [0, 0.05) is 13.0 Å². The van der Waals surface area contributed by atoms with Gasteiger partial charge in [0.2, 0.25) is 0 Å². The van der Waals surface area contributed by atoms with Gasteiger partial charge in [0.25, 0.3) is 0 Å². The summed E-state index contributed by atoms with van der Waals surface area (Å²) in [6.07, 6.45) is 4.65. The second kappa shape index (κ2) is 6.02. The third-order valence-electron chi connectivity index (χ3n) is 3.57. The molecule has 0 atom stereocenters. The Bertz CT molecular complexity index is 589. The number of aromatic nitrogens is 3. The van der Waals surface area contributed by atoms with Crippen molar-refractivity contribution >= 4 is 28.9 Å². The van der Waals surface area contributed by atoms with Crippen LogP contribution in [0.3, 0.4) is 0 Å². The molecule has 1 N–H and O–H groups in total. The van der Waals surface area contributed by atoms with Gasteiger partial charge in [-0.25, -0.2) is 0 Å². The zero-order valence-electron chi connectivity index (χ0n) is 11.1. The molecule has 1 aliphatic heterocycles. The Morgan fingerprint density at radius 1 is 1.10 bits per heavy atom. The Morgan fingerprint density at radius 2 is 1.90 bits per heavy atom. The van der Waals surface area contributed by atoms with Crippen LogP contribution in [-0.2, 0) is 19.5 Å². The Hall–Kier alpha value is -1.26. The van der Waals surface area contributed by atoms with Crippen molar-refractivity contribution in [2.45, 2.75) is 38.8 Å². The molecule has 2 heterocycles. The first kappa shape index (κ1) is 13.7. The zero-order valence-corrected chi connectivity index (χ0v) is 12.6. The smallest absolute Gasteiger partial charge is 0.152 e. The van der Waals surface area contributed by atoms with Crippen LogP contribution in [0, 0.1) is 0 Å². The second-order valence-corrected chi connectivity index (χ2v) is 5.76. The van der Waals surface area contributed by atoms with Crippen molar-refractivity contribution in [1.82, 2.24) is 14.8 Å². The van der Waals surface area contributed by atoms with E-state index in [2.05, 4.69) is 20.1 Å². The number of nitrogens with zero attached hydrogens (tertiary/aromatic N) is 3. The monoisotopic (exact) mass is 310 g/mol. The van der Waals surface area contributed by atoms with Crippen molar-refractivity contribution in [3.63, 3.8) is 0 Å². The molecular formula is C14H16Cl2N4. The molecule has 0 aliphatic carbocycles. The fourth-order valence-electron chi connectivity index (χ4n) is 2.51. The number of halogens is 2. The number of benzene rings is 1. The van der Waals surface area contributed by atoms with Crippen LogP contribution >= 0.6 is 23.2 Å². The molecule has 2 aromatic rings. The van der Waals surface area contributed by atoms with Gasteiger partial charge < -0.3 is 9.88 Å². The van der Waals surface area contributed by atoms with E-state index >= 15 is 0 Å². The van der Waals surface area contributed by atoms with Crippen molar-refractivity contribution in [3.05, 3.63) is 39.9 Å². The molecule has 0 saturated heterocycles. The third-order valence-corrected chi connectivity index (χ3v) is 4.20. The lowest BCUT2D eigenvalue weighted by atomic mass is 10.2. The number of nitrogens with one attached hydrogen (secondary N) is 1. The van der Waals surface area contributed by atoms with Crippen molar-refractivity contribution in [2.24, 2.45) is 0 Å². The molecule has 1 aromatic carbocycles. The summed E-state index contributed by atoms with van der Waals surface area (Å²) in [4.78, 5) is 0. The van der Waals surface area contributed by atoms with Crippen LogP contribution in [-0.4, -0.2) is 14.8 Å². The highest BCUT2D eigenvalue weighted by Crippen LogP contribution is 2.30. The molecule has 0 spiro atoms. The molecule has 3 rings (SSSR count). The lowest BCUT2D eigenvalue weighted by Gasteiger charge is -2.11. The topological polar surface area (TPSA) is 42.7 Å². The predicted molar refractivity (Wildman–Crippen MR) is 81.4 cm³/mol. The minimum absolute atomic E-state index is 0.580.